The Labute approximate surface area is 230 Å². The molecule has 1 saturated carbocycles. The van der Waals surface area contributed by atoms with Crippen molar-refractivity contribution in [3.05, 3.63) is 53.3 Å². The Morgan fingerprint density at radius 2 is 1.58 bits per heavy atom. The monoisotopic (exact) mass is 554 g/mol. The number of hydrogen-bond donors (Lipinski definition) is 2. The van der Waals surface area contributed by atoms with E-state index in [1.165, 1.54) is 12.1 Å². The molecule has 2 N–H and O–H groups in total. The lowest BCUT2D eigenvalue weighted by Gasteiger charge is -2.37. The number of alkyl halides is 3. The second-order valence-electron chi connectivity index (χ2n) is 12.9. The van der Waals surface area contributed by atoms with Crippen molar-refractivity contribution in [2.45, 2.75) is 109 Å². The predicted octanol–water partition coefficient (Wildman–Crippen LogP) is 6.99. The lowest BCUT2D eigenvalue weighted by Crippen LogP contribution is -2.47. The van der Waals surface area contributed by atoms with Crippen LogP contribution in [0.15, 0.2) is 36.5 Å². The Hall–Kier alpha value is -2.06. The first-order valence-electron chi connectivity index (χ1n) is 13.4. The van der Waals surface area contributed by atoms with E-state index in [9.17, 15) is 18.0 Å². The van der Waals surface area contributed by atoms with Gasteiger partial charge < -0.3 is 5.32 Å². The summed E-state index contributed by atoms with van der Waals surface area (Å²) in [7, 11) is 0. The third-order valence-corrected chi connectivity index (χ3v) is 8.16. The second kappa shape index (κ2) is 11.2. The van der Waals surface area contributed by atoms with Gasteiger partial charge in [-0.2, -0.15) is 18.3 Å². The Morgan fingerprint density at radius 3 is 2.08 bits per heavy atom. The maximum absolute atomic E-state index is 13.3. The van der Waals surface area contributed by atoms with Crippen LogP contribution in [0.25, 0.3) is 0 Å². The van der Waals surface area contributed by atoms with E-state index in [1.54, 1.807) is 0 Å². The minimum absolute atomic E-state index is 0. The van der Waals surface area contributed by atoms with Gasteiger partial charge in [-0.25, -0.2) is 0 Å². The summed E-state index contributed by atoms with van der Waals surface area (Å²) < 4.78 is 41.4. The lowest BCUT2D eigenvalue weighted by atomic mass is 9.71. The number of nitrogens with zero attached hydrogens (tertiary/aromatic N) is 2. The first-order valence-corrected chi connectivity index (χ1v) is 13.4. The summed E-state index contributed by atoms with van der Waals surface area (Å²) in [6, 6.07) is 6.64. The fourth-order valence-corrected chi connectivity index (χ4v) is 5.79. The summed E-state index contributed by atoms with van der Waals surface area (Å²) >= 11 is 0. The van der Waals surface area contributed by atoms with E-state index in [1.807, 2.05) is 16.9 Å². The Bertz CT molecular complexity index is 1080. The van der Waals surface area contributed by atoms with Crippen molar-refractivity contribution in [1.82, 2.24) is 20.4 Å². The van der Waals surface area contributed by atoms with E-state index in [-0.39, 0.29) is 47.3 Å². The highest BCUT2D eigenvalue weighted by Gasteiger charge is 2.41. The molecule has 1 aromatic heterocycles. The zero-order valence-corrected chi connectivity index (χ0v) is 24.0. The molecule has 1 unspecified atom stereocenters. The largest absolute Gasteiger partial charge is 0.416 e. The van der Waals surface area contributed by atoms with Gasteiger partial charge in [-0.3, -0.25) is 14.8 Å². The van der Waals surface area contributed by atoms with E-state index >= 15 is 0 Å². The zero-order chi connectivity index (χ0) is 27.2. The Morgan fingerprint density at radius 1 is 0.974 bits per heavy atom. The third kappa shape index (κ3) is 6.92. The number of hydrogen-bond acceptors (Lipinski definition) is 3. The Kier molecular flexibility index (Phi) is 8.99. The highest BCUT2D eigenvalue weighted by molar-refractivity contribution is 5.85. The maximum Gasteiger partial charge on any atom is 0.416 e. The van der Waals surface area contributed by atoms with Crippen LogP contribution in [0.2, 0.25) is 0 Å². The number of carbonyl (C=O) groups is 1. The zero-order valence-electron chi connectivity index (χ0n) is 23.2. The molecule has 2 fully saturated rings. The second-order valence-corrected chi connectivity index (χ2v) is 12.9. The number of nitrogens with one attached hydrogen (secondary N) is 2. The van der Waals surface area contributed by atoms with E-state index < -0.39 is 17.8 Å². The van der Waals surface area contributed by atoms with E-state index in [4.69, 9.17) is 5.10 Å². The van der Waals surface area contributed by atoms with Gasteiger partial charge in [0.25, 0.3) is 0 Å². The average Bonchev–Trinajstić information content (AvgIpc) is 3.46. The van der Waals surface area contributed by atoms with E-state index in [0.717, 1.165) is 49.1 Å². The van der Waals surface area contributed by atoms with Crippen molar-refractivity contribution in [2.24, 2.45) is 11.3 Å². The van der Waals surface area contributed by atoms with Gasteiger partial charge >= 0.3 is 6.18 Å². The minimum Gasteiger partial charge on any atom is -0.352 e. The van der Waals surface area contributed by atoms with Crippen LogP contribution >= 0.6 is 12.4 Å². The number of aromatic nitrogens is 2. The molecule has 212 valence electrons. The fraction of sp³-hybridized carbons (Fsp3) is 0.655. The smallest absolute Gasteiger partial charge is 0.352 e. The fourth-order valence-electron chi connectivity index (χ4n) is 5.79. The van der Waals surface area contributed by atoms with Crippen LogP contribution < -0.4 is 10.6 Å². The SMILES string of the molecule is CC(C)(C)C1CCC(NC(=O)[C@@H]2CC(c3ccn(C(C)(C)C)n3)[C@H](c3ccc(C(F)(F)F)cc3)N2)CC1.Cl. The summed E-state index contributed by atoms with van der Waals surface area (Å²) in [4.78, 5) is 13.3. The standard InChI is InChI=1S/C29H41F3N4O.ClH/c1-27(2,3)19-11-13-21(14-12-19)33-26(37)24-17-22(23-15-16-36(35-23)28(4,5)6)25(34-24)18-7-9-20(10-8-18)29(30,31)32;/h7-10,15-16,19,21-22,24-25,34H,11-14,17H2,1-6H3,(H,33,37);1H/t19?,21?,22?,24-,25-;/m0./s1. The number of carbonyl (C=O) groups excluding carboxylic acids is 1. The summed E-state index contributed by atoms with van der Waals surface area (Å²) in [6.07, 6.45) is 2.24. The van der Waals surface area contributed by atoms with Gasteiger partial charge in [-0.1, -0.05) is 32.9 Å². The van der Waals surface area contributed by atoms with Crippen LogP contribution in [0.3, 0.4) is 0 Å². The predicted molar refractivity (Wildman–Crippen MR) is 146 cm³/mol. The van der Waals surface area contributed by atoms with Crippen molar-refractivity contribution >= 4 is 18.3 Å². The molecule has 2 heterocycles. The maximum atomic E-state index is 13.3. The van der Waals surface area contributed by atoms with Gasteiger partial charge in [0.15, 0.2) is 0 Å². The Balaban J connectivity index is 0.00000400. The normalized spacial score (nSPS) is 26.6. The molecule has 0 radical (unpaired) electrons. The molecule has 1 saturated heterocycles. The molecule has 38 heavy (non-hydrogen) atoms. The molecule has 0 bridgehead atoms. The molecule has 2 aliphatic rings. The van der Waals surface area contributed by atoms with Crippen molar-refractivity contribution in [3.63, 3.8) is 0 Å². The topological polar surface area (TPSA) is 59.0 Å². The molecular weight excluding hydrogens is 513 g/mol. The highest BCUT2D eigenvalue weighted by atomic mass is 35.5. The van der Waals surface area contributed by atoms with E-state index in [0.29, 0.717) is 12.3 Å². The summed E-state index contributed by atoms with van der Waals surface area (Å²) in [6.45, 7) is 13.0. The number of rotatable bonds is 4. The average molecular weight is 555 g/mol. The van der Waals surface area contributed by atoms with Crippen molar-refractivity contribution in [1.29, 1.82) is 0 Å². The van der Waals surface area contributed by atoms with Gasteiger partial charge in [0.1, 0.15) is 0 Å². The van der Waals surface area contributed by atoms with Crippen LogP contribution in [-0.2, 0) is 16.5 Å². The summed E-state index contributed by atoms with van der Waals surface area (Å²) in [5.41, 5.74) is 0.970. The molecule has 9 heteroatoms. The minimum atomic E-state index is -4.39. The molecule has 4 rings (SSSR count). The van der Waals surface area contributed by atoms with Gasteiger partial charge in [-0.05, 0) is 88.0 Å². The molecule has 1 amide bonds. The summed E-state index contributed by atoms with van der Waals surface area (Å²) in [5.74, 6) is 0.498. The number of halogens is 4. The molecule has 5 nitrogen and oxygen atoms in total. The molecule has 2 aromatic rings. The molecule has 3 atom stereocenters. The van der Waals surface area contributed by atoms with Crippen LogP contribution in [0.5, 0.6) is 0 Å². The van der Waals surface area contributed by atoms with Crippen molar-refractivity contribution < 1.29 is 18.0 Å². The number of benzene rings is 1. The van der Waals surface area contributed by atoms with Crippen LogP contribution in [0, 0.1) is 11.3 Å². The molecule has 1 aromatic carbocycles. The summed E-state index contributed by atoms with van der Waals surface area (Å²) in [5, 5.41) is 11.5. The van der Waals surface area contributed by atoms with Gasteiger partial charge in [0, 0.05) is 24.2 Å². The molecule has 1 aliphatic heterocycles. The first-order chi connectivity index (χ1) is 17.1. The number of amides is 1. The molecule has 0 spiro atoms. The highest BCUT2D eigenvalue weighted by Crippen LogP contribution is 2.42. The van der Waals surface area contributed by atoms with E-state index in [2.05, 4.69) is 52.2 Å². The van der Waals surface area contributed by atoms with Gasteiger partial charge in [0.05, 0.1) is 22.8 Å². The van der Waals surface area contributed by atoms with Gasteiger partial charge in [-0.15, -0.1) is 12.4 Å². The quantitative estimate of drug-likeness (QED) is 0.428. The third-order valence-electron chi connectivity index (χ3n) is 8.16. The first kappa shape index (κ1) is 30.5. The van der Waals surface area contributed by atoms with Gasteiger partial charge in [0.2, 0.25) is 5.91 Å². The van der Waals surface area contributed by atoms with Crippen LogP contribution in [0.1, 0.15) is 102 Å². The lowest BCUT2D eigenvalue weighted by molar-refractivity contribution is -0.137. The molecular formula is C29H42ClF3N4O. The van der Waals surface area contributed by atoms with Crippen LogP contribution in [-0.4, -0.2) is 27.8 Å². The molecule has 1 aliphatic carbocycles. The van der Waals surface area contributed by atoms with Crippen molar-refractivity contribution in [2.75, 3.05) is 0 Å². The van der Waals surface area contributed by atoms with Crippen LogP contribution in [0.4, 0.5) is 13.2 Å². The van der Waals surface area contributed by atoms with Crippen molar-refractivity contribution in [3.8, 4) is 0 Å².